The maximum Gasteiger partial charge on any atom is 0.255 e. The van der Waals surface area contributed by atoms with Gasteiger partial charge in [0.05, 0.1) is 24.2 Å². The van der Waals surface area contributed by atoms with Crippen molar-refractivity contribution in [1.29, 1.82) is 0 Å². The Labute approximate surface area is 221 Å². The maximum absolute atomic E-state index is 12.8. The van der Waals surface area contributed by atoms with E-state index in [1.807, 2.05) is 97.1 Å². The summed E-state index contributed by atoms with van der Waals surface area (Å²) in [6.07, 6.45) is 0. The van der Waals surface area contributed by atoms with Crippen molar-refractivity contribution in [1.82, 2.24) is 9.97 Å². The maximum atomic E-state index is 12.8. The van der Waals surface area contributed by atoms with E-state index in [1.165, 1.54) is 0 Å². The summed E-state index contributed by atoms with van der Waals surface area (Å²) < 4.78 is 11.4. The minimum atomic E-state index is -0.152. The predicted molar refractivity (Wildman–Crippen MR) is 150 cm³/mol. The van der Waals surface area contributed by atoms with Gasteiger partial charge >= 0.3 is 0 Å². The number of benzene rings is 4. The second-order valence-electron chi connectivity index (χ2n) is 9.22. The van der Waals surface area contributed by atoms with E-state index in [1.54, 1.807) is 0 Å². The zero-order chi connectivity index (χ0) is 25.7. The van der Waals surface area contributed by atoms with Crippen LogP contribution in [0.15, 0.2) is 97.1 Å². The lowest BCUT2D eigenvalue weighted by Gasteiger charge is -2.28. The molecule has 1 aromatic heterocycles. The van der Waals surface area contributed by atoms with E-state index in [0.717, 1.165) is 71.4 Å². The molecule has 2 heterocycles. The SMILES string of the molecule is O=C(Nc1ccc(N2CCOCC2)cc1)c1ccc(-c2nc3ccc(OCc4ccccc4)cc3[nH]2)cc1. The van der Waals surface area contributed by atoms with Crippen LogP contribution >= 0.6 is 0 Å². The van der Waals surface area contributed by atoms with Gasteiger partial charge in [-0.25, -0.2) is 4.98 Å². The molecule has 1 amide bonds. The van der Waals surface area contributed by atoms with Crippen LogP contribution in [0.1, 0.15) is 15.9 Å². The van der Waals surface area contributed by atoms with Crippen LogP contribution in [0, 0.1) is 0 Å². The fourth-order valence-electron chi connectivity index (χ4n) is 4.52. The molecule has 4 aromatic carbocycles. The van der Waals surface area contributed by atoms with Gasteiger partial charge in [-0.2, -0.15) is 0 Å². The molecule has 190 valence electrons. The number of rotatable bonds is 7. The number of aromatic nitrogens is 2. The molecule has 0 aliphatic carbocycles. The molecule has 7 heteroatoms. The number of nitrogens with one attached hydrogen (secondary N) is 2. The Hall–Kier alpha value is -4.62. The molecule has 0 spiro atoms. The molecule has 1 fully saturated rings. The monoisotopic (exact) mass is 504 g/mol. The zero-order valence-electron chi connectivity index (χ0n) is 20.9. The van der Waals surface area contributed by atoms with Gasteiger partial charge < -0.3 is 24.7 Å². The van der Waals surface area contributed by atoms with Crippen molar-refractivity contribution in [3.8, 4) is 17.1 Å². The van der Waals surface area contributed by atoms with E-state index < -0.39 is 0 Å². The van der Waals surface area contributed by atoms with Crippen molar-refractivity contribution in [3.63, 3.8) is 0 Å². The minimum absolute atomic E-state index is 0.152. The number of nitrogens with zero attached hydrogens (tertiary/aromatic N) is 2. The van der Waals surface area contributed by atoms with Crippen LogP contribution < -0.4 is 15.0 Å². The fraction of sp³-hybridized carbons (Fsp3) is 0.161. The van der Waals surface area contributed by atoms with Gasteiger partial charge in [0.15, 0.2) is 0 Å². The lowest BCUT2D eigenvalue weighted by atomic mass is 10.1. The molecule has 0 saturated carbocycles. The number of H-pyrrole nitrogens is 1. The van der Waals surface area contributed by atoms with Gasteiger partial charge in [-0.15, -0.1) is 0 Å². The molecule has 38 heavy (non-hydrogen) atoms. The number of ether oxygens (including phenoxy) is 2. The molecule has 1 saturated heterocycles. The first-order valence-electron chi connectivity index (χ1n) is 12.7. The molecule has 5 aromatic rings. The van der Waals surface area contributed by atoms with Crippen LogP contribution in [0.2, 0.25) is 0 Å². The molecule has 1 aliphatic heterocycles. The molecular weight excluding hydrogens is 476 g/mol. The van der Waals surface area contributed by atoms with Gasteiger partial charge in [-0.1, -0.05) is 42.5 Å². The summed E-state index contributed by atoms with van der Waals surface area (Å²) in [5.41, 5.74) is 6.25. The summed E-state index contributed by atoms with van der Waals surface area (Å²) >= 11 is 0. The summed E-state index contributed by atoms with van der Waals surface area (Å²) in [6, 6.07) is 31.3. The number of amides is 1. The van der Waals surface area contributed by atoms with Crippen LogP contribution in [0.3, 0.4) is 0 Å². The fourth-order valence-corrected chi connectivity index (χ4v) is 4.52. The number of fused-ring (bicyclic) bond motifs is 1. The first-order chi connectivity index (χ1) is 18.7. The molecule has 6 rings (SSSR count). The summed E-state index contributed by atoms with van der Waals surface area (Å²) in [5.74, 6) is 1.37. The number of morpholine rings is 1. The molecular formula is C31H28N4O3. The summed E-state index contributed by atoms with van der Waals surface area (Å²) in [7, 11) is 0. The van der Waals surface area contributed by atoms with E-state index >= 15 is 0 Å². The Kier molecular flexibility index (Phi) is 6.74. The first kappa shape index (κ1) is 23.8. The van der Waals surface area contributed by atoms with Gasteiger partial charge in [-0.3, -0.25) is 4.79 Å². The van der Waals surface area contributed by atoms with Crippen molar-refractivity contribution in [2.45, 2.75) is 6.61 Å². The second-order valence-corrected chi connectivity index (χ2v) is 9.22. The highest BCUT2D eigenvalue weighted by atomic mass is 16.5. The van der Waals surface area contributed by atoms with Crippen molar-refractivity contribution in [3.05, 3.63) is 108 Å². The highest BCUT2D eigenvalue weighted by molar-refractivity contribution is 6.04. The molecule has 0 bridgehead atoms. The smallest absolute Gasteiger partial charge is 0.255 e. The summed E-state index contributed by atoms with van der Waals surface area (Å²) in [4.78, 5) is 23.2. The number of carbonyl (C=O) groups excluding carboxylic acids is 1. The molecule has 2 N–H and O–H groups in total. The molecule has 0 unspecified atom stereocenters. The van der Waals surface area contributed by atoms with Crippen LogP contribution in [0.25, 0.3) is 22.4 Å². The Morgan fingerprint density at radius 1 is 0.921 bits per heavy atom. The van der Waals surface area contributed by atoms with E-state index in [4.69, 9.17) is 14.5 Å². The standard InChI is InChI=1S/C31H28N4O3/c36-31(32-25-10-12-26(13-11-25)35-16-18-37-19-17-35)24-8-6-23(7-9-24)30-33-28-15-14-27(20-29(28)34-30)38-21-22-4-2-1-3-5-22/h1-15,20H,16-19,21H2,(H,32,36)(H,33,34). The summed E-state index contributed by atoms with van der Waals surface area (Å²) in [5, 5.41) is 2.98. The summed E-state index contributed by atoms with van der Waals surface area (Å²) in [6.45, 7) is 3.76. The van der Waals surface area contributed by atoms with Crippen LogP contribution in [-0.2, 0) is 11.3 Å². The highest BCUT2D eigenvalue weighted by Crippen LogP contribution is 2.25. The highest BCUT2D eigenvalue weighted by Gasteiger charge is 2.13. The minimum Gasteiger partial charge on any atom is -0.489 e. The Bertz CT molecular complexity index is 1520. The number of imidazole rings is 1. The van der Waals surface area contributed by atoms with Crippen LogP contribution in [0.4, 0.5) is 11.4 Å². The van der Waals surface area contributed by atoms with Gasteiger partial charge in [0, 0.05) is 41.7 Å². The van der Waals surface area contributed by atoms with Gasteiger partial charge in [0.1, 0.15) is 18.2 Å². The number of hydrogen-bond donors (Lipinski definition) is 2. The van der Waals surface area contributed by atoms with Gasteiger partial charge in [0.2, 0.25) is 0 Å². The molecule has 0 atom stereocenters. The van der Waals surface area contributed by atoms with Gasteiger partial charge in [-0.05, 0) is 54.1 Å². The topological polar surface area (TPSA) is 79.5 Å². The van der Waals surface area contributed by atoms with E-state index in [-0.39, 0.29) is 5.91 Å². The normalized spacial score (nSPS) is 13.4. The average molecular weight is 505 g/mol. The van der Waals surface area contributed by atoms with E-state index in [2.05, 4.69) is 15.2 Å². The van der Waals surface area contributed by atoms with Crippen molar-refractivity contribution < 1.29 is 14.3 Å². The zero-order valence-corrected chi connectivity index (χ0v) is 20.9. The van der Waals surface area contributed by atoms with Crippen molar-refractivity contribution >= 4 is 28.3 Å². The number of hydrogen-bond acceptors (Lipinski definition) is 5. The third kappa shape index (κ3) is 5.38. The third-order valence-electron chi connectivity index (χ3n) is 6.62. The van der Waals surface area contributed by atoms with Crippen LogP contribution in [0.5, 0.6) is 5.75 Å². The Balaban J connectivity index is 1.10. The van der Waals surface area contributed by atoms with Gasteiger partial charge in [0.25, 0.3) is 5.91 Å². The Morgan fingerprint density at radius 3 is 2.45 bits per heavy atom. The molecule has 7 nitrogen and oxygen atoms in total. The number of anilines is 2. The van der Waals surface area contributed by atoms with Crippen molar-refractivity contribution in [2.24, 2.45) is 0 Å². The largest absolute Gasteiger partial charge is 0.489 e. The second kappa shape index (κ2) is 10.8. The predicted octanol–water partition coefficient (Wildman–Crippen LogP) is 5.90. The lowest BCUT2D eigenvalue weighted by Crippen LogP contribution is -2.36. The third-order valence-corrected chi connectivity index (χ3v) is 6.62. The molecule has 0 radical (unpaired) electrons. The average Bonchev–Trinajstić information content (AvgIpc) is 3.41. The lowest BCUT2D eigenvalue weighted by molar-refractivity contribution is 0.102. The van der Waals surface area contributed by atoms with E-state index in [0.29, 0.717) is 12.2 Å². The van der Waals surface area contributed by atoms with Crippen LogP contribution in [-0.4, -0.2) is 42.2 Å². The van der Waals surface area contributed by atoms with E-state index in [9.17, 15) is 4.79 Å². The number of aromatic amines is 1. The number of carbonyl (C=O) groups is 1. The van der Waals surface area contributed by atoms with Crippen molar-refractivity contribution in [2.75, 3.05) is 36.5 Å². The molecule has 1 aliphatic rings. The Morgan fingerprint density at radius 2 is 1.68 bits per heavy atom. The first-order valence-corrected chi connectivity index (χ1v) is 12.7. The quantitative estimate of drug-likeness (QED) is 0.289.